The molecule has 0 amide bonds. The lowest BCUT2D eigenvalue weighted by molar-refractivity contribution is -0.261. The van der Waals surface area contributed by atoms with Crippen LogP contribution in [0.2, 0.25) is 0 Å². The van der Waals surface area contributed by atoms with Crippen molar-refractivity contribution in [3.63, 3.8) is 0 Å². The number of hydrogen-bond donors (Lipinski definition) is 1. The van der Waals surface area contributed by atoms with E-state index in [1.807, 2.05) is 0 Å². The molecule has 0 aromatic carbocycles. The van der Waals surface area contributed by atoms with Crippen LogP contribution in [0.3, 0.4) is 0 Å². The van der Waals surface area contributed by atoms with E-state index in [4.69, 9.17) is 34.2 Å². The Morgan fingerprint density at radius 2 is 1.30 bits per heavy atom. The van der Waals surface area contributed by atoms with E-state index in [0.717, 1.165) is 27.7 Å². The highest BCUT2D eigenvalue weighted by Crippen LogP contribution is 2.33. The van der Waals surface area contributed by atoms with E-state index >= 15 is 0 Å². The summed E-state index contributed by atoms with van der Waals surface area (Å²) in [6.07, 6.45) is -6.53. The molecule has 12 heteroatoms. The zero-order valence-corrected chi connectivity index (χ0v) is 19.9. The summed E-state index contributed by atoms with van der Waals surface area (Å²) in [6.45, 7) is 8.79. The average Bonchev–Trinajstić information content (AvgIpc) is 2.62. The van der Waals surface area contributed by atoms with Crippen LogP contribution in [0, 0.1) is 5.92 Å². The maximum Gasteiger partial charge on any atom is 0.313 e. The van der Waals surface area contributed by atoms with Crippen LogP contribution in [-0.4, -0.2) is 79.1 Å². The molecule has 0 aliphatic carbocycles. The van der Waals surface area contributed by atoms with E-state index in [1.54, 1.807) is 20.8 Å². The van der Waals surface area contributed by atoms with Crippen molar-refractivity contribution < 1.29 is 52.4 Å². The summed E-state index contributed by atoms with van der Waals surface area (Å²) >= 11 is 0. The van der Waals surface area contributed by atoms with Gasteiger partial charge in [-0.1, -0.05) is 0 Å². The largest absolute Gasteiger partial charge is 0.463 e. The van der Waals surface area contributed by atoms with Gasteiger partial charge in [0, 0.05) is 34.2 Å². The van der Waals surface area contributed by atoms with Crippen LogP contribution in [0.15, 0.2) is 0 Å². The summed E-state index contributed by atoms with van der Waals surface area (Å²) in [5, 5.41) is 0. The minimum Gasteiger partial charge on any atom is -0.463 e. The molecule has 188 valence electrons. The van der Waals surface area contributed by atoms with Crippen molar-refractivity contribution in [2.24, 2.45) is 11.7 Å². The Balaban J connectivity index is 3.52. The van der Waals surface area contributed by atoms with Gasteiger partial charge in [-0.2, -0.15) is 0 Å². The molecule has 33 heavy (non-hydrogen) atoms. The zero-order chi connectivity index (χ0) is 25.5. The monoisotopic (exact) mass is 475 g/mol. The Morgan fingerprint density at radius 3 is 1.73 bits per heavy atom. The normalized spacial score (nSPS) is 25.9. The third kappa shape index (κ3) is 8.97. The van der Waals surface area contributed by atoms with Crippen LogP contribution in [0.5, 0.6) is 0 Å². The molecular formula is C21H33NO11. The first-order valence-corrected chi connectivity index (χ1v) is 10.4. The predicted octanol–water partition coefficient (Wildman–Crippen LogP) is 0.0286. The topological polar surface area (TPSA) is 167 Å². The molecule has 0 aromatic rings. The van der Waals surface area contributed by atoms with Crippen LogP contribution < -0.4 is 5.73 Å². The van der Waals surface area contributed by atoms with Gasteiger partial charge in [0.1, 0.15) is 24.4 Å². The van der Waals surface area contributed by atoms with Crippen LogP contribution in [0.4, 0.5) is 0 Å². The van der Waals surface area contributed by atoms with E-state index in [9.17, 15) is 24.0 Å². The first kappa shape index (κ1) is 28.3. The molecule has 1 fully saturated rings. The third-order valence-electron chi connectivity index (χ3n) is 4.39. The van der Waals surface area contributed by atoms with Gasteiger partial charge in [-0.25, -0.2) is 0 Å². The minimum atomic E-state index is -1.38. The molecule has 0 bridgehead atoms. The minimum absolute atomic E-state index is 0.275. The van der Waals surface area contributed by atoms with Crippen molar-refractivity contribution in [1.82, 2.24) is 0 Å². The molecule has 1 aliphatic rings. The van der Waals surface area contributed by atoms with Gasteiger partial charge in [0.25, 0.3) is 0 Å². The van der Waals surface area contributed by atoms with Gasteiger partial charge in [0.2, 0.25) is 0 Å². The Kier molecular flexibility index (Phi) is 10.2. The van der Waals surface area contributed by atoms with E-state index in [0.29, 0.717) is 0 Å². The summed E-state index contributed by atoms with van der Waals surface area (Å²) in [5.41, 5.74) is 4.99. The second-order valence-electron chi connectivity index (χ2n) is 8.54. The maximum atomic E-state index is 12.9. The van der Waals surface area contributed by atoms with E-state index < -0.39 is 78.5 Å². The van der Waals surface area contributed by atoms with Gasteiger partial charge in [-0.05, 0) is 20.8 Å². The zero-order valence-electron chi connectivity index (χ0n) is 19.9. The molecule has 12 nitrogen and oxygen atoms in total. The van der Waals surface area contributed by atoms with Gasteiger partial charge in [0.15, 0.2) is 18.3 Å². The maximum absolute atomic E-state index is 12.9. The molecule has 0 saturated carbocycles. The van der Waals surface area contributed by atoms with E-state index in [-0.39, 0.29) is 6.54 Å². The molecule has 0 spiro atoms. The second-order valence-corrected chi connectivity index (χ2v) is 8.54. The Morgan fingerprint density at radius 1 is 0.818 bits per heavy atom. The molecule has 0 aromatic heterocycles. The van der Waals surface area contributed by atoms with Gasteiger partial charge in [-0.15, -0.1) is 0 Å². The number of esters is 5. The lowest BCUT2D eigenvalue weighted by atomic mass is 9.87. The summed E-state index contributed by atoms with van der Waals surface area (Å²) in [6, 6.07) is 0. The van der Waals surface area contributed by atoms with Gasteiger partial charge >= 0.3 is 29.8 Å². The van der Waals surface area contributed by atoms with Gasteiger partial charge < -0.3 is 34.2 Å². The van der Waals surface area contributed by atoms with Gasteiger partial charge in [-0.3, -0.25) is 24.0 Å². The van der Waals surface area contributed by atoms with Crippen molar-refractivity contribution in [1.29, 1.82) is 0 Å². The molecular weight excluding hydrogens is 442 g/mol. The number of nitrogens with two attached hydrogens (primary N) is 1. The van der Waals surface area contributed by atoms with Crippen molar-refractivity contribution in [2.75, 3.05) is 13.2 Å². The fourth-order valence-corrected chi connectivity index (χ4v) is 3.33. The van der Waals surface area contributed by atoms with E-state index in [2.05, 4.69) is 0 Å². The van der Waals surface area contributed by atoms with E-state index in [1.165, 1.54) is 0 Å². The first-order valence-electron chi connectivity index (χ1n) is 10.4. The van der Waals surface area contributed by atoms with Crippen molar-refractivity contribution in [3.8, 4) is 0 Å². The highest BCUT2D eigenvalue weighted by Gasteiger charge is 2.55. The SMILES string of the molecule is CC(=O)OC[C@H]1O[C@@H]([C@H](CN)C(=O)OC(C)(C)C)[C@H](OC(C)=O)[C@@H](OC(C)=O)[C@H]1OC(C)=O. The van der Waals surface area contributed by atoms with Crippen molar-refractivity contribution in [2.45, 2.75) is 84.6 Å². The van der Waals surface area contributed by atoms with Crippen LogP contribution >= 0.6 is 0 Å². The molecule has 1 heterocycles. The fourth-order valence-electron chi connectivity index (χ4n) is 3.33. The predicted molar refractivity (Wildman–Crippen MR) is 110 cm³/mol. The highest BCUT2D eigenvalue weighted by molar-refractivity contribution is 5.74. The molecule has 1 saturated heterocycles. The van der Waals surface area contributed by atoms with Crippen molar-refractivity contribution >= 4 is 29.8 Å². The second kappa shape index (κ2) is 11.9. The Bertz CT molecular complexity index is 745. The standard InChI is InChI=1S/C21H33NO11/c1-10(23)28-9-15-17(29-11(2)24)19(31-13(4)26)18(30-12(3)25)16(32-15)14(8-22)20(27)33-21(5,6)7/h14-19H,8-9,22H2,1-7H3/t14-,15+,16-,17-,18-,19-/m0/s1. The molecule has 2 N–H and O–H groups in total. The molecule has 1 aliphatic heterocycles. The summed E-state index contributed by atoms with van der Waals surface area (Å²) in [4.78, 5) is 59.8. The number of hydrogen-bond acceptors (Lipinski definition) is 12. The van der Waals surface area contributed by atoms with Gasteiger partial charge in [0.05, 0.1) is 5.92 Å². The number of rotatable bonds is 8. The lowest BCUT2D eigenvalue weighted by Crippen LogP contribution is -2.65. The summed E-state index contributed by atoms with van der Waals surface area (Å²) in [5.74, 6) is -4.86. The average molecular weight is 475 g/mol. The molecule has 1 rings (SSSR count). The lowest BCUT2D eigenvalue weighted by Gasteiger charge is -2.46. The van der Waals surface area contributed by atoms with Crippen LogP contribution in [0.25, 0.3) is 0 Å². The molecule has 0 radical (unpaired) electrons. The highest BCUT2D eigenvalue weighted by atomic mass is 16.7. The van der Waals surface area contributed by atoms with Crippen LogP contribution in [-0.2, 0) is 52.4 Å². The summed E-state index contributed by atoms with van der Waals surface area (Å²) < 4.78 is 32.4. The Labute approximate surface area is 192 Å². The summed E-state index contributed by atoms with van der Waals surface area (Å²) in [7, 11) is 0. The third-order valence-corrected chi connectivity index (χ3v) is 4.39. The first-order chi connectivity index (χ1) is 15.2. The molecule has 0 unspecified atom stereocenters. The number of carbonyl (C=O) groups excluding carboxylic acids is 5. The fraction of sp³-hybridized carbons (Fsp3) is 0.762. The number of carbonyl (C=O) groups is 5. The Hall–Kier alpha value is -2.73. The number of ether oxygens (including phenoxy) is 6. The smallest absolute Gasteiger partial charge is 0.313 e. The van der Waals surface area contributed by atoms with Crippen molar-refractivity contribution in [3.05, 3.63) is 0 Å². The quantitative estimate of drug-likeness (QED) is 0.370. The van der Waals surface area contributed by atoms with Crippen LogP contribution in [0.1, 0.15) is 48.5 Å². The molecule has 6 atom stereocenters.